The summed E-state index contributed by atoms with van der Waals surface area (Å²) >= 11 is 0. The topological polar surface area (TPSA) is 111 Å². The van der Waals surface area contributed by atoms with E-state index in [1.165, 1.54) is 19.2 Å². The van der Waals surface area contributed by atoms with Crippen molar-refractivity contribution in [3.05, 3.63) is 34.3 Å². The molecular formula is C9H11N3O4. The Kier molecular flexibility index (Phi) is 2.31. The number of nitrogen functional groups attached to an aromatic ring is 1. The van der Waals surface area contributed by atoms with Crippen molar-refractivity contribution in [1.29, 1.82) is 0 Å². The number of allylic oxidation sites excluding steroid dienone is 1. The first-order valence-corrected chi connectivity index (χ1v) is 4.60. The van der Waals surface area contributed by atoms with E-state index in [1.54, 1.807) is 0 Å². The lowest BCUT2D eigenvalue weighted by Gasteiger charge is -2.17. The second-order valence-corrected chi connectivity index (χ2v) is 3.44. The molecule has 1 aliphatic rings. The van der Waals surface area contributed by atoms with Gasteiger partial charge in [0.2, 0.25) is 6.23 Å². The van der Waals surface area contributed by atoms with Crippen molar-refractivity contribution < 1.29 is 14.9 Å². The first kappa shape index (κ1) is 10.5. The third kappa shape index (κ3) is 1.50. The van der Waals surface area contributed by atoms with Gasteiger partial charge in [-0.2, -0.15) is 4.98 Å². The summed E-state index contributed by atoms with van der Waals surface area (Å²) in [5.41, 5.74) is 4.68. The maximum absolute atomic E-state index is 11.5. The summed E-state index contributed by atoms with van der Waals surface area (Å²) in [5, 5.41) is 19.0. The number of hydrogen-bond donors (Lipinski definition) is 3. The SMILES string of the molecule is CC1=C(O)C(O)[C@H](n2ccc(N)nc2=O)O1. The lowest BCUT2D eigenvalue weighted by molar-refractivity contribution is -0.0108. The molecule has 2 atom stereocenters. The maximum Gasteiger partial charge on any atom is 0.352 e. The molecule has 1 aromatic heterocycles. The van der Waals surface area contributed by atoms with Crippen molar-refractivity contribution in [2.24, 2.45) is 0 Å². The summed E-state index contributed by atoms with van der Waals surface area (Å²) in [5.74, 6) is -0.0161. The fourth-order valence-corrected chi connectivity index (χ4v) is 1.48. The van der Waals surface area contributed by atoms with Crippen molar-refractivity contribution in [3.63, 3.8) is 0 Å². The predicted octanol–water partition coefficient (Wildman–Crippen LogP) is -0.495. The van der Waals surface area contributed by atoms with E-state index in [2.05, 4.69) is 4.98 Å². The lowest BCUT2D eigenvalue weighted by atomic mass is 10.3. The Morgan fingerprint density at radius 2 is 2.31 bits per heavy atom. The van der Waals surface area contributed by atoms with Gasteiger partial charge in [0.1, 0.15) is 11.6 Å². The van der Waals surface area contributed by atoms with Crippen molar-refractivity contribution in [2.75, 3.05) is 5.73 Å². The van der Waals surface area contributed by atoms with E-state index in [1.807, 2.05) is 0 Å². The van der Waals surface area contributed by atoms with E-state index in [0.29, 0.717) is 0 Å². The van der Waals surface area contributed by atoms with Gasteiger partial charge in [0, 0.05) is 6.20 Å². The van der Waals surface area contributed by atoms with Gasteiger partial charge in [-0.15, -0.1) is 0 Å². The number of ether oxygens (including phenoxy) is 1. The molecule has 0 saturated heterocycles. The first-order valence-electron chi connectivity index (χ1n) is 4.60. The molecule has 0 radical (unpaired) electrons. The number of nitrogens with zero attached hydrogens (tertiary/aromatic N) is 2. The number of hydrogen-bond acceptors (Lipinski definition) is 6. The van der Waals surface area contributed by atoms with Crippen molar-refractivity contribution >= 4 is 5.82 Å². The van der Waals surface area contributed by atoms with E-state index in [-0.39, 0.29) is 17.3 Å². The van der Waals surface area contributed by atoms with E-state index in [4.69, 9.17) is 10.5 Å². The van der Waals surface area contributed by atoms with E-state index >= 15 is 0 Å². The minimum Gasteiger partial charge on any atom is -0.506 e. The molecule has 0 amide bonds. The molecular weight excluding hydrogens is 214 g/mol. The van der Waals surface area contributed by atoms with E-state index in [9.17, 15) is 15.0 Å². The van der Waals surface area contributed by atoms with Crippen LogP contribution in [0.15, 0.2) is 28.6 Å². The van der Waals surface area contributed by atoms with Gasteiger partial charge in [-0.1, -0.05) is 0 Å². The second kappa shape index (κ2) is 3.53. The standard InChI is InChI=1S/C9H11N3O4/c1-4-6(13)7(14)8(16-4)12-3-2-5(10)11-9(12)15/h2-3,7-8,13-14H,1H3,(H2,10,11,15)/t7?,8-/m1/s1. The van der Waals surface area contributed by atoms with Crippen LogP contribution in [0.25, 0.3) is 0 Å². The smallest absolute Gasteiger partial charge is 0.352 e. The molecule has 7 nitrogen and oxygen atoms in total. The highest BCUT2D eigenvalue weighted by Crippen LogP contribution is 2.29. The number of aliphatic hydroxyl groups excluding tert-OH is 2. The highest BCUT2D eigenvalue weighted by molar-refractivity contribution is 5.24. The second-order valence-electron chi connectivity index (χ2n) is 3.44. The van der Waals surface area contributed by atoms with Crippen LogP contribution >= 0.6 is 0 Å². The number of anilines is 1. The predicted molar refractivity (Wildman–Crippen MR) is 54.4 cm³/mol. The van der Waals surface area contributed by atoms with Gasteiger partial charge in [-0.05, 0) is 13.0 Å². The maximum atomic E-state index is 11.5. The minimum absolute atomic E-state index is 0.0858. The number of nitrogens with two attached hydrogens (primary N) is 1. The van der Waals surface area contributed by atoms with Gasteiger partial charge in [-0.3, -0.25) is 4.57 Å². The Morgan fingerprint density at radius 1 is 1.62 bits per heavy atom. The normalized spacial score (nSPS) is 24.6. The Bertz CT molecular complexity index is 508. The van der Waals surface area contributed by atoms with Crippen LogP contribution in [0.3, 0.4) is 0 Å². The molecule has 0 aliphatic carbocycles. The largest absolute Gasteiger partial charge is 0.506 e. The quantitative estimate of drug-likeness (QED) is 0.594. The van der Waals surface area contributed by atoms with Gasteiger partial charge in [-0.25, -0.2) is 4.79 Å². The molecule has 0 bridgehead atoms. The van der Waals surface area contributed by atoms with Gasteiger partial charge in [0.05, 0.1) is 0 Å². The molecule has 1 aromatic rings. The van der Waals surface area contributed by atoms with Crippen LogP contribution in [-0.4, -0.2) is 25.9 Å². The summed E-state index contributed by atoms with van der Waals surface area (Å²) in [7, 11) is 0. The number of rotatable bonds is 1. The van der Waals surface area contributed by atoms with Crippen LogP contribution in [0.1, 0.15) is 13.2 Å². The Labute approximate surface area is 90.4 Å². The van der Waals surface area contributed by atoms with E-state index < -0.39 is 18.0 Å². The summed E-state index contributed by atoms with van der Waals surface area (Å²) in [6.07, 6.45) is -0.923. The molecule has 0 aromatic carbocycles. The zero-order valence-corrected chi connectivity index (χ0v) is 8.49. The fourth-order valence-electron chi connectivity index (χ4n) is 1.48. The highest BCUT2D eigenvalue weighted by atomic mass is 16.5. The monoisotopic (exact) mass is 225 g/mol. The zero-order valence-electron chi connectivity index (χ0n) is 8.49. The summed E-state index contributed by atoms with van der Waals surface area (Å²) in [6, 6.07) is 1.40. The Hall–Kier alpha value is -2.02. The summed E-state index contributed by atoms with van der Waals surface area (Å²) in [4.78, 5) is 15.0. The molecule has 16 heavy (non-hydrogen) atoms. The third-order valence-electron chi connectivity index (χ3n) is 2.33. The van der Waals surface area contributed by atoms with Gasteiger partial charge < -0.3 is 20.7 Å². The van der Waals surface area contributed by atoms with Crippen LogP contribution < -0.4 is 11.4 Å². The van der Waals surface area contributed by atoms with Crippen molar-refractivity contribution in [3.8, 4) is 0 Å². The van der Waals surface area contributed by atoms with Crippen LogP contribution in [0.5, 0.6) is 0 Å². The Balaban J connectivity index is 2.38. The highest BCUT2D eigenvalue weighted by Gasteiger charge is 2.35. The number of aromatic nitrogens is 2. The van der Waals surface area contributed by atoms with Crippen LogP contribution in [0, 0.1) is 0 Å². The fraction of sp³-hybridized carbons (Fsp3) is 0.333. The molecule has 2 heterocycles. The molecule has 2 rings (SSSR count). The molecule has 86 valence electrons. The Morgan fingerprint density at radius 3 is 2.81 bits per heavy atom. The summed E-state index contributed by atoms with van der Waals surface area (Å²) < 4.78 is 6.22. The molecule has 1 unspecified atom stereocenters. The third-order valence-corrected chi connectivity index (χ3v) is 2.33. The molecule has 4 N–H and O–H groups in total. The first-order chi connectivity index (χ1) is 7.50. The van der Waals surface area contributed by atoms with Crippen molar-refractivity contribution in [2.45, 2.75) is 19.3 Å². The average Bonchev–Trinajstić information content (AvgIpc) is 2.46. The van der Waals surface area contributed by atoms with Crippen LogP contribution in [-0.2, 0) is 4.74 Å². The van der Waals surface area contributed by atoms with Crippen molar-refractivity contribution in [1.82, 2.24) is 9.55 Å². The van der Waals surface area contributed by atoms with Gasteiger partial charge >= 0.3 is 5.69 Å². The minimum atomic E-state index is -1.27. The summed E-state index contributed by atoms with van der Waals surface area (Å²) in [6.45, 7) is 1.49. The average molecular weight is 225 g/mol. The molecule has 1 aliphatic heterocycles. The van der Waals surface area contributed by atoms with Gasteiger partial charge in [0.15, 0.2) is 11.9 Å². The lowest BCUT2D eigenvalue weighted by Crippen LogP contribution is -2.33. The number of aliphatic hydroxyl groups is 2. The van der Waals surface area contributed by atoms with Crippen LogP contribution in [0.2, 0.25) is 0 Å². The molecule has 0 saturated carbocycles. The van der Waals surface area contributed by atoms with Gasteiger partial charge in [0.25, 0.3) is 0 Å². The zero-order chi connectivity index (χ0) is 11.9. The molecule has 0 spiro atoms. The van der Waals surface area contributed by atoms with Crippen LogP contribution in [0.4, 0.5) is 5.82 Å². The molecule has 0 fully saturated rings. The van der Waals surface area contributed by atoms with E-state index in [0.717, 1.165) is 4.57 Å². The molecule has 7 heteroatoms.